The molecule has 2 aliphatic rings. The third-order valence-corrected chi connectivity index (χ3v) is 4.87. The van der Waals surface area contributed by atoms with Crippen LogP contribution in [0.4, 0.5) is 9.52 Å². The van der Waals surface area contributed by atoms with Crippen molar-refractivity contribution in [1.29, 1.82) is 0 Å². The number of halogens is 1. The van der Waals surface area contributed by atoms with Crippen LogP contribution in [0.2, 0.25) is 0 Å². The van der Waals surface area contributed by atoms with Crippen LogP contribution in [0.5, 0.6) is 0 Å². The van der Waals surface area contributed by atoms with E-state index in [1.54, 1.807) is 11.3 Å². The van der Waals surface area contributed by atoms with Crippen molar-refractivity contribution in [3.8, 4) is 0 Å². The van der Waals surface area contributed by atoms with Gasteiger partial charge in [-0.2, -0.15) is 0 Å². The summed E-state index contributed by atoms with van der Waals surface area (Å²) in [6.07, 6.45) is 5.42. The first kappa shape index (κ1) is 10.7. The van der Waals surface area contributed by atoms with Crippen LogP contribution < -0.4 is 5.32 Å². The van der Waals surface area contributed by atoms with Gasteiger partial charge in [0.1, 0.15) is 5.82 Å². The second kappa shape index (κ2) is 3.92. The molecule has 4 heteroatoms. The Morgan fingerprint density at radius 1 is 1.22 bits per heavy atom. The smallest absolute Gasteiger partial charge is 0.184 e. The average Bonchev–Trinajstić information content (AvgIpc) is 3.23. The maximum atomic E-state index is 13.1. The predicted octanol–water partition coefficient (Wildman–Crippen LogP) is 4.04. The molecule has 2 fully saturated rings. The summed E-state index contributed by atoms with van der Waals surface area (Å²) in [7, 11) is 0. The summed E-state index contributed by atoms with van der Waals surface area (Å²) >= 11 is 1.64. The van der Waals surface area contributed by atoms with E-state index in [0.29, 0.717) is 6.04 Å². The summed E-state index contributed by atoms with van der Waals surface area (Å²) in [5, 5.41) is 4.55. The molecule has 1 N–H and O–H groups in total. The Bertz CT molecular complexity index is 574. The van der Waals surface area contributed by atoms with Gasteiger partial charge in [-0.1, -0.05) is 11.3 Å². The van der Waals surface area contributed by atoms with E-state index in [1.165, 1.54) is 37.8 Å². The fourth-order valence-electron chi connectivity index (χ4n) is 2.64. The normalized spacial score (nSPS) is 19.7. The highest BCUT2D eigenvalue weighted by Crippen LogP contribution is 2.46. The maximum Gasteiger partial charge on any atom is 0.184 e. The molecular weight excluding hydrogens is 247 g/mol. The molecule has 1 aromatic carbocycles. The van der Waals surface area contributed by atoms with Crippen molar-refractivity contribution in [3.05, 3.63) is 24.0 Å². The number of nitrogens with one attached hydrogen (secondary N) is 1. The van der Waals surface area contributed by atoms with Crippen molar-refractivity contribution in [3.63, 3.8) is 0 Å². The zero-order chi connectivity index (χ0) is 12.1. The summed E-state index contributed by atoms with van der Waals surface area (Å²) in [4.78, 5) is 4.50. The van der Waals surface area contributed by atoms with Gasteiger partial charge in [-0.15, -0.1) is 0 Å². The number of aromatic nitrogens is 1. The van der Waals surface area contributed by atoms with Crippen molar-refractivity contribution in [2.75, 3.05) is 5.32 Å². The van der Waals surface area contributed by atoms with Gasteiger partial charge in [0.25, 0.3) is 0 Å². The van der Waals surface area contributed by atoms with E-state index in [-0.39, 0.29) is 5.82 Å². The van der Waals surface area contributed by atoms with Crippen LogP contribution >= 0.6 is 11.3 Å². The first-order valence-electron chi connectivity index (χ1n) is 6.62. The van der Waals surface area contributed by atoms with E-state index in [4.69, 9.17) is 0 Å². The van der Waals surface area contributed by atoms with Gasteiger partial charge >= 0.3 is 0 Å². The third-order valence-electron chi connectivity index (χ3n) is 3.90. The number of thiazole rings is 1. The molecule has 0 atom stereocenters. The molecule has 4 rings (SSSR count). The fraction of sp³-hybridized carbons (Fsp3) is 0.500. The predicted molar refractivity (Wildman–Crippen MR) is 72.4 cm³/mol. The summed E-state index contributed by atoms with van der Waals surface area (Å²) in [5.74, 6) is 1.49. The van der Waals surface area contributed by atoms with Gasteiger partial charge in [0, 0.05) is 12.1 Å². The number of rotatable bonds is 4. The molecule has 0 radical (unpaired) electrons. The minimum absolute atomic E-state index is 0.208. The van der Waals surface area contributed by atoms with Crippen molar-refractivity contribution in [1.82, 2.24) is 4.98 Å². The highest BCUT2D eigenvalue weighted by atomic mass is 32.1. The molecular formula is C14H15FN2S. The van der Waals surface area contributed by atoms with Crippen LogP contribution in [0.3, 0.4) is 0 Å². The molecule has 2 nitrogen and oxygen atoms in total. The molecule has 0 unspecified atom stereocenters. The van der Waals surface area contributed by atoms with Gasteiger partial charge in [-0.3, -0.25) is 0 Å². The monoisotopic (exact) mass is 262 g/mol. The summed E-state index contributed by atoms with van der Waals surface area (Å²) < 4.78 is 14.2. The zero-order valence-electron chi connectivity index (χ0n) is 10.0. The van der Waals surface area contributed by atoms with Crippen LogP contribution in [-0.4, -0.2) is 11.0 Å². The van der Waals surface area contributed by atoms with Crippen LogP contribution in [0, 0.1) is 17.7 Å². The molecule has 0 bridgehead atoms. The Morgan fingerprint density at radius 3 is 2.61 bits per heavy atom. The lowest BCUT2D eigenvalue weighted by atomic mass is 10.1. The van der Waals surface area contributed by atoms with Crippen molar-refractivity contribution in [2.24, 2.45) is 11.8 Å². The highest BCUT2D eigenvalue weighted by molar-refractivity contribution is 7.22. The number of fused-ring (bicyclic) bond motifs is 1. The minimum Gasteiger partial charge on any atom is -0.358 e. The van der Waals surface area contributed by atoms with Crippen molar-refractivity contribution in [2.45, 2.75) is 31.7 Å². The fourth-order valence-corrected chi connectivity index (χ4v) is 3.53. The van der Waals surface area contributed by atoms with Gasteiger partial charge in [0.15, 0.2) is 5.13 Å². The molecule has 0 aliphatic heterocycles. The molecule has 18 heavy (non-hydrogen) atoms. The highest BCUT2D eigenvalue weighted by Gasteiger charge is 2.41. The van der Waals surface area contributed by atoms with Crippen molar-refractivity contribution < 1.29 is 4.39 Å². The number of hydrogen-bond donors (Lipinski definition) is 1. The van der Waals surface area contributed by atoms with Crippen molar-refractivity contribution >= 4 is 26.7 Å². The average molecular weight is 262 g/mol. The SMILES string of the molecule is Fc1ccc2sc(NC(C3CC3)C3CC3)nc2c1. The molecule has 0 amide bonds. The van der Waals surface area contributed by atoms with Gasteiger partial charge in [-0.05, 0) is 49.7 Å². The van der Waals surface area contributed by atoms with Crippen LogP contribution in [0.15, 0.2) is 18.2 Å². The number of benzene rings is 1. The second-order valence-electron chi connectivity index (χ2n) is 5.48. The van der Waals surface area contributed by atoms with Gasteiger partial charge < -0.3 is 5.32 Å². The molecule has 2 aliphatic carbocycles. The van der Waals surface area contributed by atoms with E-state index < -0.39 is 0 Å². The quantitative estimate of drug-likeness (QED) is 0.899. The van der Waals surface area contributed by atoms with Gasteiger partial charge in [0.05, 0.1) is 10.2 Å². The lowest BCUT2D eigenvalue weighted by Gasteiger charge is -2.16. The molecule has 1 aromatic heterocycles. The maximum absolute atomic E-state index is 13.1. The Hall–Kier alpha value is -1.16. The molecule has 2 saturated carbocycles. The Labute approximate surface area is 109 Å². The van der Waals surface area contributed by atoms with Gasteiger partial charge in [-0.25, -0.2) is 9.37 Å². The first-order valence-corrected chi connectivity index (χ1v) is 7.44. The standard InChI is InChI=1S/C14H15FN2S/c15-10-5-6-12-11(7-10)16-14(18-12)17-13(8-1-2-8)9-3-4-9/h5-9,13H,1-4H2,(H,16,17). The number of hydrogen-bond acceptors (Lipinski definition) is 3. The Balaban J connectivity index is 1.61. The van der Waals surface area contributed by atoms with E-state index >= 15 is 0 Å². The topological polar surface area (TPSA) is 24.9 Å². The molecule has 2 aromatic rings. The number of anilines is 1. The van der Waals surface area contributed by atoms with E-state index in [2.05, 4.69) is 10.3 Å². The molecule has 94 valence electrons. The van der Waals surface area contributed by atoms with Crippen LogP contribution in [0.25, 0.3) is 10.2 Å². The van der Waals surface area contributed by atoms with E-state index in [1.807, 2.05) is 6.07 Å². The third kappa shape index (κ3) is 1.99. The minimum atomic E-state index is -0.208. The number of nitrogens with zero attached hydrogens (tertiary/aromatic N) is 1. The largest absolute Gasteiger partial charge is 0.358 e. The van der Waals surface area contributed by atoms with Gasteiger partial charge in [0.2, 0.25) is 0 Å². The molecule has 0 saturated heterocycles. The Kier molecular flexibility index (Phi) is 2.34. The van der Waals surface area contributed by atoms with E-state index in [9.17, 15) is 4.39 Å². The summed E-state index contributed by atoms with van der Waals surface area (Å²) in [6.45, 7) is 0. The second-order valence-corrected chi connectivity index (χ2v) is 6.51. The molecule has 1 heterocycles. The summed E-state index contributed by atoms with van der Waals surface area (Å²) in [6, 6.07) is 5.44. The van der Waals surface area contributed by atoms with Crippen LogP contribution in [0.1, 0.15) is 25.7 Å². The summed E-state index contributed by atoms with van der Waals surface area (Å²) in [5.41, 5.74) is 0.771. The zero-order valence-corrected chi connectivity index (χ0v) is 10.8. The first-order chi connectivity index (χ1) is 8.79. The lowest BCUT2D eigenvalue weighted by molar-refractivity contribution is 0.567. The molecule has 0 spiro atoms. The van der Waals surface area contributed by atoms with E-state index in [0.717, 1.165) is 27.2 Å². The lowest BCUT2D eigenvalue weighted by Crippen LogP contribution is -2.23. The Morgan fingerprint density at radius 2 is 1.94 bits per heavy atom. The van der Waals surface area contributed by atoms with Crippen LogP contribution in [-0.2, 0) is 0 Å².